The fourth-order valence-electron chi connectivity index (χ4n) is 7.68. The van der Waals surface area contributed by atoms with Gasteiger partial charge in [-0.25, -0.2) is 0 Å². The Balaban J connectivity index is 1.71. The second-order valence-electron chi connectivity index (χ2n) is 15.9. The Morgan fingerprint density at radius 2 is 1.06 bits per heavy atom. The number of hydrogen-bond donors (Lipinski definition) is 17. The van der Waals surface area contributed by atoms with Crippen LogP contribution in [0.25, 0.3) is 0 Å². The van der Waals surface area contributed by atoms with E-state index in [2.05, 4.69) is 16.0 Å². The first kappa shape index (κ1) is 54.1. The van der Waals surface area contributed by atoms with Gasteiger partial charge in [-0.15, -0.1) is 0 Å². The van der Waals surface area contributed by atoms with E-state index in [0.717, 1.165) is 20.8 Å². The van der Waals surface area contributed by atoms with Crippen molar-refractivity contribution < 1.29 is 124 Å². The first-order valence-corrected chi connectivity index (χ1v) is 20.4. The van der Waals surface area contributed by atoms with E-state index >= 15 is 0 Å². The lowest BCUT2D eigenvalue weighted by molar-refractivity contribution is -0.367. The number of aliphatic hydroxyl groups is 14. The number of hydrogen-bond acceptors (Lipinski definition) is 25. The van der Waals surface area contributed by atoms with Gasteiger partial charge in [-0.1, -0.05) is 0 Å². The van der Waals surface area contributed by atoms with E-state index in [9.17, 15) is 85.9 Å². The molecule has 372 valence electrons. The van der Waals surface area contributed by atoms with Crippen molar-refractivity contribution in [2.24, 2.45) is 0 Å². The molecule has 4 saturated heterocycles. The highest BCUT2D eigenvalue weighted by Gasteiger charge is 2.56. The van der Waals surface area contributed by atoms with E-state index in [-0.39, 0.29) is 0 Å². The molecule has 0 spiro atoms. The first-order chi connectivity index (χ1) is 30.1. The summed E-state index contributed by atoms with van der Waals surface area (Å²) in [7, 11) is 0. The Morgan fingerprint density at radius 3 is 1.61 bits per heavy atom. The number of amides is 3. The second kappa shape index (κ2) is 24.0. The summed E-state index contributed by atoms with van der Waals surface area (Å²) in [4.78, 5) is 37.2. The van der Waals surface area contributed by atoms with Gasteiger partial charge in [-0.3, -0.25) is 14.4 Å². The molecule has 0 radical (unpaired) electrons. The number of ether oxygens (including phenoxy) is 8. The van der Waals surface area contributed by atoms with Gasteiger partial charge in [0.25, 0.3) is 0 Å². The van der Waals surface area contributed by atoms with Crippen LogP contribution in [0.15, 0.2) is 0 Å². The average Bonchev–Trinajstić information content (AvgIpc) is 3.25. The predicted octanol–water partition coefficient (Wildman–Crippen LogP) is -10.8. The molecule has 0 aromatic rings. The van der Waals surface area contributed by atoms with Crippen LogP contribution in [0.1, 0.15) is 27.7 Å². The zero-order valence-corrected chi connectivity index (χ0v) is 35.1. The Labute approximate surface area is 365 Å². The molecule has 0 aliphatic carbocycles. The summed E-state index contributed by atoms with van der Waals surface area (Å²) in [5.41, 5.74) is 0. The monoisotopic (exact) mass is 937 g/mol. The molecule has 17 N–H and O–H groups in total. The summed E-state index contributed by atoms with van der Waals surface area (Å²) in [5, 5.41) is 155. The maximum Gasteiger partial charge on any atom is 0.217 e. The molecule has 0 unspecified atom stereocenters. The lowest BCUT2D eigenvalue weighted by Crippen LogP contribution is -2.71. The van der Waals surface area contributed by atoms with E-state index < -0.39 is 198 Å². The third-order valence-electron chi connectivity index (χ3n) is 11.1. The minimum Gasteiger partial charge on any atom is -0.394 e. The molecule has 4 aliphatic heterocycles. The van der Waals surface area contributed by atoms with Crippen LogP contribution in [0.2, 0.25) is 0 Å². The van der Waals surface area contributed by atoms with E-state index in [0.29, 0.717) is 0 Å². The lowest BCUT2D eigenvalue weighted by Gasteiger charge is -2.50. The summed E-state index contributed by atoms with van der Waals surface area (Å²) in [5.74, 6) is -2.35. The lowest BCUT2D eigenvalue weighted by atomic mass is 9.93. The molecule has 4 aliphatic rings. The minimum atomic E-state index is -2.22. The molecule has 64 heavy (non-hydrogen) atoms. The SMILES string of the molecule is CC(=O)N[C@H]1[C@H](O[C@@H]2[C@@H](NC(C)=O)[C@H](OC[C@@H](O)[C@H](O)[C@H](O[C@@H]3O[C@H](CO)[C@H](O)[C@H](O)[C@H]3O)[C@H](CO)NC(C)=O)O[C@H](CO)[C@H]2O[C@@H]2O[C@@H](C)[C@@H](O)[C@@H](O)[C@@H]2O)O[C@H](CO)[C@@H](O)[C@@H]1O. The van der Waals surface area contributed by atoms with E-state index in [4.69, 9.17) is 37.9 Å². The summed E-state index contributed by atoms with van der Waals surface area (Å²) < 4.78 is 46.5. The fraction of sp³-hybridized carbons (Fsp3) is 0.917. The highest BCUT2D eigenvalue weighted by molar-refractivity contribution is 5.74. The molecule has 4 heterocycles. The van der Waals surface area contributed by atoms with Crippen LogP contribution in [0.3, 0.4) is 0 Å². The van der Waals surface area contributed by atoms with Crippen LogP contribution in [-0.2, 0) is 52.3 Å². The molecule has 0 saturated carbocycles. The molecule has 0 aromatic heterocycles. The molecule has 4 rings (SSSR count). The van der Waals surface area contributed by atoms with Crippen LogP contribution >= 0.6 is 0 Å². The Morgan fingerprint density at radius 1 is 0.562 bits per heavy atom. The Hall–Kier alpha value is -2.47. The molecule has 3 amide bonds. The highest BCUT2D eigenvalue weighted by atomic mass is 16.8. The summed E-state index contributed by atoms with van der Waals surface area (Å²) in [6.07, 6.45) is -38.0. The summed E-state index contributed by atoms with van der Waals surface area (Å²) in [6, 6.07) is -4.88. The number of carbonyl (C=O) groups is 3. The van der Waals surface area contributed by atoms with Gasteiger partial charge in [0.1, 0.15) is 110 Å². The average molecular weight is 938 g/mol. The van der Waals surface area contributed by atoms with E-state index in [1.165, 1.54) is 6.92 Å². The third kappa shape index (κ3) is 12.7. The predicted molar refractivity (Wildman–Crippen MR) is 202 cm³/mol. The van der Waals surface area contributed by atoms with Crippen molar-refractivity contribution in [2.75, 3.05) is 33.0 Å². The van der Waals surface area contributed by atoms with Crippen molar-refractivity contribution in [1.82, 2.24) is 16.0 Å². The van der Waals surface area contributed by atoms with Crippen LogP contribution in [-0.4, -0.2) is 269 Å². The van der Waals surface area contributed by atoms with Crippen LogP contribution in [0, 0.1) is 0 Å². The molecule has 0 bridgehead atoms. The van der Waals surface area contributed by atoms with E-state index in [1.54, 1.807) is 0 Å². The van der Waals surface area contributed by atoms with Gasteiger partial charge in [0.15, 0.2) is 25.2 Å². The van der Waals surface area contributed by atoms with Crippen LogP contribution in [0.4, 0.5) is 0 Å². The van der Waals surface area contributed by atoms with Crippen molar-refractivity contribution in [3.63, 3.8) is 0 Å². The quantitative estimate of drug-likeness (QED) is 0.0572. The molecule has 0 aromatic carbocycles. The number of rotatable bonds is 19. The van der Waals surface area contributed by atoms with Gasteiger partial charge >= 0.3 is 0 Å². The van der Waals surface area contributed by atoms with Crippen molar-refractivity contribution in [2.45, 2.75) is 175 Å². The van der Waals surface area contributed by atoms with Gasteiger partial charge < -0.3 is 125 Å². The zero-order chi connectivity index (χ0) is 47.9. The summed E-state index contributed by atoms with van der Waals surface area (Å²) >= 11 is 0. The first-order valence-electron chi connectivity index (χ1n) is 20.4. The maximum atomic E-state index is 12.8. The van der Waals surface area contributed by atoms with Gasteiger partial charge in [0.2, 0.25) is 17.7 Å². The molecule has 28 heteroatoms. The van der Waals surface area contributed by atoms with Crippen molar-refractivity contribution in [3.8, 4) is 0 Å². The Bertz CT molecular complexity index is 1490. The minimum absolute atomic E-state index is 0.757. The van der Waals surface area contributed by atoms with Gasteiger partial charge in [-0.2, -0.15) is 0 Å². The second-order valence-corrected chi connectivity index (χ2v) is 15.9. The maximum absolute atomic E-state index is 12.8. The normalized spacial score (nSPS) is 42.5. The third-order valence-corrected chi connectivity index (χ3v) is 11.1. The molecular weight excluding hydrogens is 874 g/mol. The fourth-order valence-corrected chi connectivity index (χ4v) is 7.68. The summed E-state index contributed by atoms with van der Waals surface area (Å²) in [6.45, 7) is -0.280. The number of nitrogens with one attached hydrogen (secondary N) is 3. The zero-order valence-electron chi connectivity index (χ0n) is 35.1. The number of carbonyl (C=O) groups excluding carboxylic acids is 3. The van der Waals surface area contributed by atoms with Gasteiger partial charge in [-0.05, 0) is 6.92 Å². The highest BCUT2D eigenvalue weighted by Crippen LogP contribution is 2.34. The van der Waals surface area contributed by atoms with Crippen molar-refractivity contribution in [3.05, 3.63) is 0 Å². The molecule has 28 nitrogen and oxygen atoms in total. The standard InChI is InChI=1S/C36H63N3O25/c1-10-21(48)26(53)28(55)35(58-10)63-31-18(8-43)61-33(20(39-13(4)46)32(31)64-34-19(38-12(3)45)25(52)23(50)16(6-41)59-34)57-9-15(47)22(49)30(14(5-40)37-11(2)44)62-36-29(56)27(54)24(51)17(7-42)60-36/h10,14-36,40-43,47-56H,5-9H2,1-4H3,(H,37,44)(H,38,45)(H,39,46)/t10-,14-,15+,16+,17+,18+,19+,20+,21+,22-,23+,24-,25+,26+,27-,28-,29+,30+,31+,32+,33+,34-,35-,36-/m0/s1. The van der Waals surface area contributed by atoms with Crippen LogP contribution in [0.5, 0.6) is 0 Å². The molecular formula is C36H63N3O25. The molecule has 4 fully saturated rings. The van der Waals surface area contributed by atoms with Gasteiger partial charge in [0, 0.05) is 20.8 Å². The van der Waals surface area contributed by atoms with Gasteiger partial charge in [0.05, 0.1) is 45.2 Å². The van der Waals surface area contributed by atoms with Crippen LogP contribution < -0.4 is 16.0 Å². The van der Waals surface area contributed by atoms with E-state index in [1.807, 2.05) is 0 Å². The van der Waals surface area contributed by atoms with Crippen molar-refractivity contribution >= 4 is 17.7 Å². The number of aliphatic hydroxyl groups excluding tert-OH is 14. The largest absolute Gasteiger partial charge is 0.394 e. The Kier molecular flexibility index (Phi) is 20.3. The smallest absolute Gasteiger partial charge is 0.217 e. The molecule has 24 atom stereocenters. The topological polar surface area (TPSA) is 444 Å². The van der Waals surface area contributed by atoms with Crippen molar-refractivity contribution in [1.29, 1.82) is 0 Å².